The summed E-state index contributed by atoms with van der Waals surface area (Å²) in [6.45, 7) is 2.93. The van der Waals surface area contributed by atoms with E-state index >= 15 is 0 Å². The number of nitrogens with one attached hydrogen (secondary N) is 1. The van der Waals surface area contributed by atoms with Gasteiger partial charge in [0.2, 0.25) is 0 Å². The number of hydrazone groups is 1. The molecule has 0 aliphatic rings. The monoisotopic (exact) mass is 404 g/mol. The molecule has 0 bridgehead atoms. The Balaban J connectivity index is 1.59. The Bertz CT molecular complexity index is 986. The van der Waals surface area contributed by atoms with E-state index in [1.807, 2.05) is 49.4 Å². The van der Waals surface area contributed by atoms with Crippen molar-refractivity contribution >= 4 is 12.1 Å². The fraction of sp³-hybridized carbons (Fsp3) is 0.167. The Morgan fingerprint density at radius 3 is 2.43 bits per heavy atom. The maximum absolute atomic E-state index is 12.2. The van der Waals surface area contributed by atoms with Crippen molar-refractivity contribution in [2.75, 3.05) is 13.7 Å². The molecule has 30 heavy (non-hydrogen) atoms. The van der Waals surface area contributed by atoms with Crippen LogP contribution < -0.4 is 19.6 Å². The van der Waals surface area contributed by atoms with Crippen molar-refractivity contribution in [3.63, 3.8) is 0 Å². The van der Waals surface area contributed by atoms with Gasteiger partial charge in [-0.2, -0.15) is 5.10 Å². The summed E-state index contributed by atoms with van der Waals surface area (Å²) < 4.78 is 16.6. The first-order valence-corrected chi connectivity index (χ1v) is 9.60. The minimum atomic E-state index is -0.302. The lowest BCUT2D eigenvalue weighted by Crippen LogP contribution is -2.17. The first-order valence-electron chi connectivity index (χ1n) is 9.60. The van der Waals surface area contributed by atoms with E-state index < -0.39 is 0 Å². The van der Waals surface area contributed by atoms with Crippen molar-refractivity contribution in [3.8, 4) is 17.2 Å². The molecule has 0 aromatic heterocycles. The zero-order valence-electron chi connectivity index (χ0n) is 17.0. The summed E-state index contributed by atoms with van der Waals surface area (Å²) in [6, 6.07) is 22.2. The van der Waals surface area contributed by atoms with E-state index in [0.29, 0.717) is 30.3 Å². The SMILES string of the molecule is CCOc1ccc(C(=O)N/N=C/c2ccc(OCc3ccccc3)c(OC)c2)cc1. The first-order chi connectivity index (χ1) is 14.7. The molecule has 0 spiro atoms. The van der Waals surface area contributed by atoms with Gasteiger partial charge in [-0.25, -0.2) is 5.43 Å². The number of benzene rings is 3. The molecule has 0 aliphatic heterocycles. The topological polar surface area (TPSA) is 69.2 Å². The molecular weight excluding hydrogens is 380 g/mol. The normalized spacial score (nSPS) is 10.6. The Kier molecular flexibility index (Phi) is 7.44. The molecule has 0 unspecified atom stereocenters. The van der Waals surface area contributed by atoms with Crippen molar-refractivity contribution < 1.29 is 19.0 Å². The number of ether oxygens (including phenoxy) is 3. The van der Waals surface area contributed by atoms with E-state index in [1.54, 1.807) is 43.7 Å². The molecule has 1 amide bonds. The summed E-state index contributed by atoms with van der Waals surface area (Å²) in [5.41, 5.74) is 4.85. The molecule has 0 atom stereocenters. The molecule has 0 aliphatic carbocycles. The lowest BCUT2D eigenvalue weighted by molar-refractivity contribution is 0.0955. The standard InChI is InChI=1S/C24H24N2O4/c1-3-29-21-12-10-20(11-13-21)24(27)26-25-16-19-9-14-22(23(15-19)28-2)30-17-18-7-5-4-6-8-18/h4-16H,3,17H2,1-2H3,(H,26,27)/b25-16+. The highest BCUT2D eigenvalue weighted by Crippen LogP contribution is 2.28. The first kappa shape index (κ1) is 20.9. The van der Waals surface area contributed by atoms with E-state index in [9.17, 15) is 4.79 Å². The van der Waals surface area contributed by atoms with Crippen molar-refractivity contribution in [3.05, 3.63) is 89.5 Å². The Morgan fingerprint density at radius 2 is 1.73 bits per heavy atom. The van der Waals surface area contributed by atoms with Gasteiger partial charge in [-0.15, -0.1) is 0 Å². The molecular formula is C24H24N2O4. The van der Waals surface area contributed by atoms with Crippen molar-refractivity contribution in [1.29, 1.82) is 0 Å². The van der Waals surface area contributed by atoms with Crippen LogP contribution in [0.3, 0.4) is 0 Å². The summed E-state index contributed by atoms with van der Waals surface area (Å²) in [7, 11) is 1.58. The van der Waals surface area contributed by atoms with Crippen LogP contribution in [0.15, 0.2) is 77.9 Å². The van der Waals surface area contributed by atoms with Crippen LogP contribution in [0.4, 0.5) is 0 Å². The van der Waals surface area contributed by atoms with Crippen LogP contribution in [0.5, 0.6) is 17.2 Å². The lowest BCUT2D eigenvalue weighted by Gasteiger charge is -2.11. The van der Waals surface area contributed by atoms with Gasteiger partial charge < -0.3 is 14.2 Å². The lowest BCUT2D eigenvalue weighted by atomic mass is 10.2. The number of amides is 1. The van der Waals surface area contributed by atoms with Crippen molar-refractivity contribution in [2.24, 2.45) is 5.10 Å². The Labute approximate surface area is 176 Å². The van der Waals surface area contributed by atoms with Crippen LogP contribution in [-0.2, 0) is 6.61 Å². The molecule has 0 fully saturated rings. The molecule has 6 nitrogen and oxygen atoms in total. The van der Waals surface area contributed by atoms with Gasteiger partial charge >= 0.3 is 0 Å². The molecule has 154 valence electrons. The summed E-state index contributed by atoms with van der Waals surface area (Å²) in [6.07, 6.45) is 1.55. The van der Waals surface area contributed by atoms with E-state index in [2.05, 4.69) is 10.5 Å². The van der Waals surface area contributed by atoms with E-state index in [4.69, 9.17) is 14.2 Å². The van der Waals surface area contributed by atoms with Crippen LogP contribution in [-0.4, -0.2) is 25.8 Å². The largest absolute Gasteiger partial charge is 0.494 e. The van der Waals surface area contributed by atoms with Gasteiger partial charge in [0.1, 0.15) is 12.4 Å². The van der Waals surface area contributed by atoms with Gasteiger partial charge in [0.25, 0.3) is 5.91 Å². The van der Waals surface area contributed by atoms with Crippen LogP contribution in [0, 0.1) is 0 Å². The third kappa shape index (κ3) is 5.85. The predicted molar refractivity (Wildman–Crippen MR) is 116 cm³/mol. The molecule has 3 rings (SSSR count). The van der Waals surface area contributed by atoms with Crippen LogP contribution in [0.25, 0.3) is 0 Å². The predicted octanol–water partition coefficient (Wildman–Crippen LogP) is 4.44. The minimum Gasteiger partial charge on any atom is -0.494 e. The minimum absolute atomic E-state index is 0.302. The number of rotatable bonds is 9. The Hall–Kier alpha value is -3.80. The van der Waals surface area contributed by atoms with E-state index in [1.165, 1.54) is 0 Å². The molecule has 6 heteroatoms. The number of hydrogen-bond acceptors (Lipinski definition) is 5. The van der Waals surface area contributed by atoms with Crippen molar-refractivity contribution in [1.82, 2.24) is 5.43 Å². The second-order valence-electron chi connectivity index (χ2n) is 6.34. The highest BCUT2D eigenvalue weighted by Gasteiger charge is 2.07. The van der Waals surface area contributed by atoms with Gasteiger partial charge in [0, 0.05) is 5.56 Å². The summed E-state index contributed by atoms with van der Waals surface area (Å²) >= 11 is 0. The number of methoxy groups -OCH3 is 1. The number of hydrogen-bond donors (Lipinski definition) is 1. The zero-order chi connectivity index (χ0) is 21.2. The second kappa shape index (κ2) is 10.7. The quantitative estimate of drug-likeness (QED) is 0.423. The highest BCUT2D eigenvalue weighted by atomic mass is 16.5. The Morgan fingerprint density at radius 1 is 0.967 bits per heavy atom. The van der Waals surface area contributed by atoms with Gasteiger partial charge in [-0.3, -0.25) is 4.79 Å². The molecule has 0 heterocycles. The van der Waals surface area contributed by atoms with Gasteiger partial charge in [0.15, 0.2) is 11.5 Å². The van der Waals surface area contributed by atoms with Gasteiger partial charge in [0.05, 0.1) is 19.9 Å². The van der Waals surface area contributed by atoms with Gasteiger partial charge in [-0.1, -0.05) is 30.3 Å². The average molecular weight is 404 g/mol. The maximum atomic E-state index is 12.2. The number of carbonyl (C=O) groups excluding carboxylic acids is 1. The van der Waals surface area contributed by atoms with Crippen LogP contribution in [0.2, 0.25) is 0 Å². The smallest absolute Gasteiger partial charge is 0.271 e. The fourth-order valence-corrected chi connectivity index (χ4v) is 2.72. The van der Waals surface area contributed by atoms with E-state index in [-0.39, 0.29) is 5.91 Å². The molecule has 0 saturated heterocycles. The molecule has 0 saturated carbocycles. The maximum Gasteiger partial charge on any atom is 0.271 e. The number of carbonyl (C=O) groups is 1. The zero-order valence-corrected chi connectivity index (χ0v) is 17.0. The highest BCUT2D eigenvalue weighted by molar-refractivity contribution is 5.95. The van der Waals surface area contributed by atoms with Crippen molar-refractivity contribution in [2.45, 2.75) is 13.5 Å². The second-order valence-corrected chi connectivity index (χ2v) is 6.34. The van der Waals surface area contributed by atoms with Crippen LogP contribution >= 0.6 is 0 Å². The van der Waals surface area contributed by atoms with Crippen LogP contribution in [0.1, 0.15) is 28.4 Å². The fourth-order valence-electron chi connectivity index (χ4n) is 2.72. The summed E-state index contributed by atoms with van der Waals surface area (Å²) in [5.74, 6) is 1.65. The summed E-state index contributed by atoms with van der Waals surface area (Å²) in [4.78, 5) is 12.2. The molecule has 1 N–H and O–H groups in total. The van der Waals surface area contributed by atoms with Gasteiger partial charge in [-0.05, 0) is 60.5 Å². The third-order valence-corrected chi connectivity index (χ3v) is 4.23. The van der Waals surface area contributed by atoms with E-state index in [0.717, 1.165) is 16.9 Å². The molecule has 3 aromatic rings. The molecule has 3 aromatic carbocycles. The third-order valence-electron chi connectivity index (χ3n) is 4.23. The number of nitrogens with zero attached hydrogens (tertiary/aromatic N) is 1. The average Bonchev–Trinajstić information content (AvgIpc) is 2.79. The molecule has 0 radical (unpaired) electrons. The summed E-state index contributed by atoms with van der Waals surface area (Å²) in [5, 5.41) is 4.02.